The Labute approximate surface area is 285 Å². The van der Waals surface area contributed by atoms with E-state index in [1.54, 1.807) is 5.56 Å². The summed E-state index contributed by atoms with van der Waals surface area (Å²) in [4.78, 5) is 0. The number of benzene rings is 1. The molecule has 0 amide bonds. The fourth-order valence-electron chi connectivity index (χ4n) is 7.35. The molecule has 0 spiro atoms. The maximum absolute atomic E-state index is 2.51. The van der Waals surface area contributed by atoms with Gasteiger partial charge < -0.3 is 10.6 Å². The lowest BCUT2D eigenvalue weighted by molar-refractivity contribution is -0.921. The van der Waals surface area contributed by atoms with Gasteiger partial charge in [0.2, 0.25) is 0 Å². The zero-order chi connectivity index (χ0) is 31.8. The van der Waals surface area contributed by atoms with Gasteiger partial charge in [0.05, 0.1) is 20.6 Å². The first-order chi connectivity index (χ1) is 21.6. The largest absolute Gasteiger partial charge is 0.344 e. The van der Waals surface area contributed by atoms with Gasteiger partial charge in [0.25, 0.3) is 0 Å². The van der Waals surface area contributed by atoms with E-state index in [-0.39, 0.29) is 6.15 Å². The highest BCUT2D eigenvalue weighted by Gasteiger charge is 2.28. The van der Waals surface area contributed by atoms with Crippen molar-refractivity contribution in [2.24, 2.45) is 0 Å². The van der Waals surface area contributed by atoms with Crippen LogP contribution in [0.4, 0.5) is 0 Å². The minimum absolute atomic E-state index is 0. The Morgan fingerprint density at radius 3 is 1.02 bits per heavy atom. The highest BCUT2D eigenvalue weighted by molar-refractivity contribution is 5.17. The molecule has 0 radical (unpaired) electrons. The smallest absolute Gasteiger partial charge is 0.114 e. The Bertz CT molecular complexity index is 684. The van der Waals surface area contributed by atoms with Crippen LogP contribution in [0.3, 0.4) is 0 Å². The number of rotatable bonds is 34. The first kappa shape index (κ1) is 44.1. The van der Waals surface area contributed by atoms with Crippen molar-refractivity contribution in [2.45, 2.75) is 219 Å². The van der Waals surface area contributed by atoms with Crippen LogP contribution in [0.5, 0.6) is 0 Å². The molecular weight excluding hydrogens is 544 g/mol. The van der Waals surface area contributed by atoms with Gasteiger partial charge in [-0.1, -0.05) is 218 Å². The van der Waals surface area contributed by atoms with Crippen LogP contribution in [0.25, 0.3) is 0 Å². The van der Waals surface area contributed by atoms with Crippen LogP contribution in [-0.4, -0.2) is 25.1 Å². The Morgan fingerprint density at radius 1 is 0.400 bits per heavy atom. The number of hydrogen-bond acceptors (Lipinski definition) is 1. The zero-order valence-electron chi connectivity index (χ0n) is 31.7. The molecule has 0 bridgehead atoms. The molecule has 1 atom stereocenters. The third kappa shape index (κ3) is 26.9. The summed E-state index contributed by atoms with van der Waals surface area (Å²) in [5, 5.41) is 0. The van der Waals surface area contributed by atoms with Crippen molar-refractivity contribution in [3.8, 4) is 0 Å². The Hall–Kier alpha value is -0.860. The first-order valence-electron chi connectivity index (χ1n) is 20.5. The predicted octanol–water partition coefficient (Wildman–Crippen LogP) is 15.1. The van der Waals surface area contributed by atoms with Crippen molar-refractivity contribution >= 4 is 0 Å². The van der Waals surface area contributed by atoms with Gasteiger partial charge in [0.15, 0.2) is 0 Å². The molecule has 1 aromatic rings. The molecule has 0 saturated carbocycles. The Balaban J connectivity index is 0.0000194. The molecule has 3 N–H and O–H groups in total. The van der Waals surface area contributed by atoms with Gasteiger partial charge >= 0.3 is 0 Å². The number of nitrogens with zero attached hydrogens (tertiary/aromatic N) is 1. The van der Waals surface area contributed by atoms with Crippen LogP contribution >= 0.6 is 0 Å². The van der Waals surface area contributed by atoms with E-state index in [0.29, 0.717) is 6.04 Å². The van der Waals surface area contributed by atoms with Gasteiger partial charge in [-0.3, -0.25) is 0 Å². The topological polar surface area (TPSA) is 35.0 Å². The van der Waals surface area contributed by atoms with Crippen molar-refractivity contribution in [2.75, 3.05) is 20.6 Å². The van der Waals surface area contributed by atoms with E-state index in [1.807, 2.05) is 0 Å². The predicted molar refractivity (Wildman–Crippen MR) is 206 cm³/mol. The second-order valence-electron chi connectivity index (χ2n) is 15.1. The van der Waals surface area contributed by atoms with Gasteiger partial charge in [0.1, 0.15) is 6.04 Å². The fraction of sp³-hybridized carbons (Fsp3) is 0.860. The van der Waals surface area contributed by atoms with Gasteiger partial charge in [-0.05, 0) is 19.3 Å². The molecule has 1 unspecified atom stereocenters. The summed E-state index contributed by atoms with van der Waals surface area (Å²) in [6.45, 7) is 5.94. The monoisotopic (exact) mass is 630 g/mol. The Morgan fingerprint density at radius 2 is 0.689 bits per heavy atom. The molecule has 1 aromatic carbocycles. The van der Waals surface area contributed by atoms with Crippen molar-refractivity contribution < 1.29 is 4.48 Å². The average Bonchev–Trinajstić information content (AvgIpc) is 3.03. The second kappa shape index (κ2) is 33.1. The second-order valence-corrected chi connectivity index (χ2v) is 15.1. The molecule has 0 saturated heterocycles. The van der Waals surface area contributed by atoms with E-state index in [9.17, 15) is 0 Å². The molecule has 2 heteroatoms. The normalized spacial score (nSPS) is 12.4. The molecule has 266 valence electrons. The lowest BCUT2D eigenvalue weighted by Gasteiger charge is -2.39. The van der Waals surface area contributed by atoms with Crippen molar-refractivity contribution in [3.63, 3.8) is 0 Å². The maximum Gasteiger partial charge on any atom is 0.114 e. The lowest BCUT2D eigenvalue weighted by atomic mass is 9.96. The molecular formula is C43H85N2+. The minimum Gasteiger partial charge on any atom is -0.344 e. The van der Waals surface area contributed by atoms with Gasteiger partial charge in [-0.25, -0.2) is 0 Å². The summed E-state index contributed by atoms with van der Waals surface area (Å²) in [6, 6.07) is 12.1. The lowest BCUT2D eigenvalue weighted by Crippen LogP contribution is -2.44. The minimum atomic E-state index is 0. The third-order valence-electron chi connectivity index (χ3n) is 10.4. The molecule has 0 aliphatic heterocycles. The van der Waals surface area contributed by atoms with E-state index >= 15 is 0 Å². The van der Waals surface area contributed by atoms with Crippen molar-refractivity contribution in [3.05, 3.63) is 35.9 Å². The summed E-state index contributed by atoms with van der Waals surface area (Å²) in [6.07, 6.45) is 44.7. The molecule has 0 heterocycles. The van der Waals surface area contributed by atoms with Crippen LogP contribution < -0.4 is 6.15 Å². The molecule has 0 fully saturated rings. The molecule has 0 aromatic heterocycles. The van der Waals surface area contributed by atoms with Crippen molar-refractivity contribution in [1.29, 1.82) is 0 Å². The van der Waals surface area contributed by atoms with Crippen LogP contribution in [0.2, 0.25) is 0 Å². The van der Waals surface area contributed by atoms with E-state index in [4.69, 9.17) is 0 Å². The van der Waals surface area contributed by atoms with E-state index in [2.05, 4.69) is 58.3 Å². The fourth-order valence-corrected chi connectivity index (χ4v) is 7.35. The summed E-state index contributed by atoms with van der Waals surface area (Å²) >= 11 is 0. The SMILES string of the molecule is CCCCCCCCCCCCCCCCCCC(c1ccccc1)[N+](C)(C)CCCCCCCCCCCCCCCC.N. The third-order valence-corrected chi connectivity index (χ3v) is 10.4. The van der Waals surface area contributed by atoms with Gasteiger partial charge in [0, 0.05) is 12.0 Å². The molecule has 0 aliphatic rings. The Kier molecular flexibility index (Phi) is 32.4. The summed E-state index contributed by atoms with van der Waals surface area (Å²) < 4.78 is 1.15. The molecule has 0 aliphatic carbocycles. The van der Waals surface area contributed by atoms with E-state index < -0.39 is 0 Å². The standard InChI is InChI=1S/C43H82N.H3N/c1-5-7-9-11-13-15-17-19-21-22-23-25-27-29-31-36-40-43(42-38-34-33-35-39-42)44(3,4)41-37-32-30-28-26-24-20-18-16-14-12-10-8-6-2;/h33-35,38-39,43H,5-32,36-37,40-41H2,1-4H3;1H3/q+1;. The number of hydrogen-bond donors (Lipinski definition) is 1. The summed E-state index contributed by atoms with van der Waals surface area (Å²) in [5.74, 6) is 0. The van der Waals surface area contributed by atoms with E-state index in [0.717, 1.165) is 4.48 Å². The number of unbranched alkanes of at least 4 members (excludes halogenated alkanes) is 28. The average molecular weight is 630 g/mol. The van der Waals surface area contributed by atoms with Crippen LogP contribution in [0.15, 0.2) is 30.3 Å². The first-order valence-corrected chi connectivity index (χ1v) is 20.5. The molecule has 1 rings (SSSR count). The molecule has 45 heavy (non-hydrogen) atoms. The zero-order valence-corrected chi connectivity index (χ0v) is 31.7. The highest BCUT2D eigenvalue weighted by atomic mass is 15.3. The highest BCUT2D eigenvalue weighted by Crippen LogP contribution is 2.31. The van der Waals surface area contributed by atoms with Gasteiger partial charge in [-0.2, -0.15) is 0 Å². The summed E-state index contributed by atoms with van der Waals surface area (Å²) in [7, 11) is 5.01. The quantitative estimate of drug-likeness (QED) is 0.0597. The maximum atomic E-state index is 2.51. The van der Waals surface area contributed by atoms with Crippen LogP contribution in [-0.2, 0) is 0 Å². The van der Waals surface area contributed by atoms with E-state index in [1.165, 1.54) is 206 Å². The van der Waals surface area contributed by atoms with Crippen LogP contribution in [0, 0.1) is 0 Å². The number of quaternary nitrogens is 1. The van der Waals surface area contributed by atoms with Crippen LogP contribution in [0.1, 0.15) is 224 Å². The molecule has 2 nitrogen and oxygen atoms in total. The van der Waals surface area contributed by atoms with Gasteiger partial charge in [-0.15, -0.1) is 0 Å². The van der Waals surface area contributed by atoms with Crippen molar-refractivity contribution in [1.82, 2.24) is 6.15 Å². The summed E-state index contributed by atoms with van der Waals surface area (Å²) in [5.41, 5.74) is 1.56.